The van der Waals surface area contributed by atoms with Gasteiger partial charge in [0.2, 0.25) is 0 Å². The third-order valence-electron chi connectivity index (χ3n) is 4.43. The van der Waals surface area contributed by atoms with Crippen molar-refractivity contribution in [2.75, 3.05) is 13.1 Å². The average Bonchev–Trinajstić information content (AvgIpc) is 2.64. The molecule has 0 amide bonds. The van der Waals surface area contributed by atoms with Gasteiger partial charge in [0.25, 0.3) is 0 Å². The van der Waals surface area contributed by atoms with E-state index in [2.05, 4.69) is 17.2 Å². The number of halogens is 5. The Morgan fingerprint density at radius 3 is 2.28 bits per heavy atom. The van der Waals surface area contributed by atoms with Crippen LogP contribution in [0, 0.1) is 0 Å². The third kappa shape index (κ3) is 4.88. The molecule has 2 aromatic carbocycles. The highest BCUT2D eigenvalue weighted by atomic mass is 35.5. The summed E-state index contributed by atoms with van der Waals surface area (Å²) in [5, 5.41) is 3.10. The fraction of sp³-hybridized carbons (Fsp3) is 0.333. The fourth-order valence-corrected chi connectivity index (χ4v) is 3.52. The van der Waals surface area contributed by atoms with Crippen molar-refractivity contribution in [3.05, 3.63) is 70.2 Å². The summed E-state index contributed by atoms with van der Waals surface area (Å²) < 4.78 is 45.8. The highest BCUT2D eigenvalue weighted by Gasteiger charge is 2.35. The van der Waals surface area contributed by atoms with Crippen LogP contribution in [-0.2, 0) is 6.18 Å². The number of piperidine rings is 1. The van der Waals surface area contributed by atoms with Crippen LogP contribution in [0.5, 0.6) is 0 Å². The molecule has 0 spiro atoms. The minimum atomic E-state index is -4.43. The molecule has 0 aliphatic carbocycles. The van der Waals surface area contributed by atoms with Gasteiger partial charge < -0.3 is 5.32 Å². The molecule has 0 bridgehead atoms. The maximum absolute atomic E-state index is 13.1. The zero-order valence-corrected chi connectivity index (χ0v) is 14.7. The summed E-state index contributed by atoms with van der Waals surface area (Å²) in [4.78, 5) is 0. The van der Waals surface area contributed by atoms with E-state index < -0.39 is 11.7 Å². The van der Waals surface area contributed by atoms with Crippen molar-refractivity contribution < 1.29 is 17.8 Å². The molecule has 7 heteroatoms. The summed E-state index contributed by atoms with van der Waals surface area (Å²) in [5.41, 5.74) is 1.10. The number of hydrogen-bond acceptors (Lipinski definition) is 2. The molecule has 1 aliphatic heterocycles. The molecule has 0 saturated carbocycles. The molecule has 3 rings (SSSR count). The van der Waals surface area contributed by atoms with E-state index in [1.165, 1.54) is 12.1 Å². The minimum absolute atomic E-state index is 0.0528. The Morgan fingerprint density at radius 1 is 0.960 bits per heavy atom. The van der Waals surface area contributed by atoms with Crippen molar-refractivity contribution in [2.24, 2.45) is 0 Å². The number of alkyl halides is 3. The summed E-state index contributed by atoms with van der Waals surface area (Å²) in [6.45, 7) is 1.57. The average molecular weight is 392 g/mol. The van der Waals surface area contributed by atoms with E-state index in [4.69, 9.17) is 16.3 Å². The van der Waals surface area contributed by atoms with Crippen LogP contribution in [0.25, 0.3) is 0 Å². The van der Waals surface area contributed by atoms with Crippen molar-refractivity contribution >= 4 is 23.5 Å². The van der Waals surface area contributed by atoms with Gasteiger partial charge in [0.1, 0.15) is 0 Å². The van der Waals surface area contributed by atoms with Gasteiger partial charge in [-0.2, -0.15) is 13.2 Å². The van der Waals surface area contributed by atoms with Crippen LogP contribution in [-0.4, -0.2) is 17.7 Å². The normalized spacial score (nSPS) is 20.6. The maximum Gasteiger partial charge on any atom is 0.417 e. The molecule has 2 atom stereocenters. The second-order valence-corrected chi connectivity index (χ2v) is 6.26. The van der Waals surface area contributed by atoms with E-state index >= 15 is 0 Å². The Bertz CT molecular complexity index is 680. The Morgan fingerprint density at radius 2 is 1.64 bits per heavy atom. The van der Waals surface area contributed by atoms with Crippen molar-refractivity contribution in [1.82, 2.24) is 5.32 Å². The lowest BCUT2D eigenvalue weighted by molar-refractivity contribution is -0.137. The molecule has 1 fully saturated rings. The molecule has 1 heterocycles. The topological polar surface area (TPSA) is 32.3 Å². The third-order valence-corrected chi connectivity index (χ3v) is 4.76. The second kappa shape index (κ2) is 8.90. The molecule has 1 saturated heterocycles. The molecule has 2 aromatic rings. The summed E-state index contributed by atoms with van der Waals surface area (Å²) in [6.07, 6.45) is -3.62. The van der Waals surface area contributed by atoms with Crippen LogP contribution < -0.4 is 5.32 Å². The first kappa shape index (κ1) is 20.0. The van der Waals surface area contributed by atoms with Gasteiger partial charge in [-0.25, -0.2) is 0 Å². The van der Waals surface area contributed by atoms with Crippen molar-refractivity contribution in [3.8, 4) is 0 Å². The monoisotopic (exact) mass is 391 g/mol. The molecule has 2 nitrogen and oxygen atoms in total. The van der Waals surface area contributed by atoms with Crippen molar-refractivity contribution in [2.45, 2.75) is 24.4 Å². The molecule has 0 aromatic heterocycles. The molecular weight excluding hydrogens is 374 g/mol. The Hall–Kier alpha value is -1.27. The van der Waals surface area contributed by atoms with Gasteiger partial charge in [-0.1, -0.05) is 48.0 Å². The lowest BCUT2D eigenvalue weighted by Crippen LogP contribution is -2.34. The van der Waals surface area contributed by atoms with Gasteiger partial charge in [0.05, 0.1) is 22.5 Å². The van der Waals surface area contributed by atoms with Crippen LogP contribution in [0.15, 0.2) is 48.5 Å². The van der Waals surface area contributed by atoms with Crippen molar-refractivity contribution in [1.29, 1.82) is 0 Å². The molecular formula is C18H18Cl2F3NO. The first-order chi connectivity index (χ1) is 12.0. The number of hydrogen-bond donors (Lipinski definition) is 2. The van der Waals surface area contributed by atoms with Crippen LogP contribution >= 0.6 is 23.5 Å². The van der Waals surface area contributed by atoms with Crippen molar-refractivity contribution in [3.63, 3.8) is 0 Å². The molecule has 0 radical (unpaired) electrons. The van der Waals surface area contributed by atoms with Gasteiger partial charge in [-0.05, 0) is 42.1 Å². The van der Waals surface area contributed by atoms with Gasteiger partial charge in [-0.3, -0.25) is 4.66 Å². The fourth-order valence-electron chi connectivity index (χ4n) is 3.30. The quantitative estimate of drug-likeness (QED) is 0.722. The second-order valence-electron chi connectivity index (χ2n) is 5.85. The van der Waals surface area contributed by atoms with E-state index in [0.29, 0.717) is 5.56 Å². The van der Waals surface area contributed by atoms with E-state index in [1.54, 1.807) is 6.07 Å². The summed E-state index contributed by atoms with van der Waals surface area (Å²) in [7, 11) is 0. The number of nitrogens with one attached hydrogen (secondary N) is 1. The predicted octanol–water partition coefficient (Wildman–Crippen LogP) is 5.35. The summed E-state index contributed by atoms with van der Waals surface area (Å²) in [6, 6.07) is 14.2. The Kier molecular flexibility index (Phi) is 7.14. The van der Waals surface area contributed by atoms with Crippen LogP contribution in [0.1, 0.15) is 34.9 Å². The standard InChI is InChI=1S/C18H17ClF3N.ClHO/c19-17-7-6-13(10-16(17)18(20,21)22)14-8-9-23-11-15(14)12-4-2-1-3-5-12;1-2/h1-7,10,14-15,23H,8-9,11H2;2H/t14-,15-;/m0./s1. The minimum Gasteiger partial charge on any atom is -0.316 e. The smallest absolute Gasteiger partial charge is 0.316 e. The van der Waals surface area contributed by atoms with Crippen LogP contribution in [0.2, 0.25) is 5.02 Å². The molecule has 25 heavy (non-hydrogen) atoms. The van der Waals surface area contributed by atoms with Gasteiger partial charge in [0, 0.05) is 12.5 Å². The highest BCUT2D eigenvalue weighted by Crippen LogP contribution is 2.41. The first-order valence-corrected chi connectivity index (χ1v) is 8.47. The van der Waals surface area contributed by atoms with E-state index in [0.717, 1.165) is 25.1 Å². The number of benzene rings is 2. The SMILES string of the molecule is FC(F)(F)c1cc([C@@H]2CCNC[C@H]2c2ccccc2)ccc1Cl.OCl. The predicted molar refractivity (Wildman–Crippen MR) is 93.9 cm³/mol. The lowest BCUT2D eigenvalue weighted by atomic mass is 9.77. The molecule has 1 aliphatic rings. The van der Waals surface area contributed by atoms with E-state index in [1.807, 2.05) is 30.3 Å². The van der Waals surface area contributed by atoms with Crippen LogP contribution in [0.3, 0.4) is 0 Å². The zero-order chi connectivity index (χ0) is 18.4. The molecule has 136 valence electrons. The Balaban J connectivity index is 0.00000109. The van der Waals surface area contributed by atoms with E-state index in [-0.39, 0.29) is 16.9 Å². The zero-order valence-electron chi connectivity index (χ0n) is 13.2. The molecule has 0 unspecified atom stereocenters. The van der Waals surface area contributed by atoms with E-state index in [9.17, 15) is 13.2 Å². The highest BCUT2D eigenvalue weighted by molar-refractivity contribution is 6.31. The van der Waals surface area contributed by atoms with Crippen LogP contribution in [0.4, 0.5) is 13.2 Å². The van der Waals surface area contributed by atoms with Gasteiger partial charge in [-0.15, -0.1) is 0 Å². The van der Waals surface area contributed by atoms with Gasteiger partial charge >= 0.3 is 6.18 Å². The summed E-state index contributed by atoms with van der Waals surface area (Å²) in [5.74, 6) is 0.212. The summed E-state index contributed by atoms with van der Waals surface area (Å²) >= 11 is 9.38. The maximum atomic E-state index is 13.1. The first-order valence-electron chi connectivity index (χ1n) is 7.76. The largest absolute Gasteiger partial charge is 0.417 e. The molecule has 2 N–H and O–H groups in total. The number of rotatable bonds is 2. The van der Waals surface area contributed by atoms with Gasteiger partial charge in [0.15, 0.2) is 0 Å². The Labute approximate surface area is 154 Å². The lowest BCUT2D eigenvalue weighted by Gasteiger charge is -2.33.